The van der Waals surface area contributed by atoms with Gasteiger partial charge in [0.05, 0.1) is 12.8 Å². The van der Waals surface area contributed by atoms with Gasteiger partial charge in [-0.2, -0.15) is 0 Å². The van der Waals surface area contributed by atoms with E-state index in [9.17, 15) is 4.79 Å². The zero-order chi connectivity index (χ0) is 17.3. The smallest absolute Gasteiger partial charge is 0.167 e. The first kappa shape index (κ1) is 16.3. The number of hydrogen-bond donors (Lipinski definition) is 0. The molecule has 3 heteroatoms. The van der Waals surface area contributed by atoms with Gasteiger partial charge in [0, 0.05) is 17.3 Å². The lowest BCUT2D eigenvalue weighted by Crippen LogP contribution is -1.97. The molecule has 0 radical (unpaired) electrons. The Bertz CT molecular complexity index is 890. The number of fused-ring (bicyclic) bond motifs is 1. The summed E-state index contributed by atoms with van der Waals surface area (Å²) < 4.78 is 7.46. The van der Waals surface area contributed by atoms with Gasteiger partial charge in [0.1, 0.15) is 5.75 Å². The van der Waals surface area contributed by atoms with E-state index < -0.39 is 0 Å². The summed E-state index contributed by atoms with van der Waals surface area (Å²) in [5.41, 5.74) is 6.10. The fraction of sp³-hybridized carbons (Fsp3) is 0.286. The van der Waals surface area contributed by atoms with Crippen LogP contribution in [0.15, 0.2) is 42.6 Å². The van der Waals surface area contributed by atoms with E-state index in [2.05, 4.69) is 51.2 Å². The molecule has 2 aromatic heterocycles. The summed E-state index contributed by atoms with van der Waals surface area (Å²) in [7, 11) is 1.69. The van der Waals surface area contributed by atoms with E-state index in [4.69, 9.17) is 4.74 Å². The average molecular weight is 321 g/mol. The molecular weight excluding hydrogens is 298 g/mol. The normalized spacial score (nSPS) is 11.2. The van der Waals surface area contributed by atoms with Crippen molar-refractivity contribution in [3.63, 3.8) is 0 Å². The summed E-state index contributed by atoms with van der Waals surface area (Å²) in [5.74, 6) is 1.24. The number of methoxy groups -OCH3 is 1. The monoisotopic (exact) mass is 321 g/mol. The predicted molar refractivity (Wildman–Crippen MR) is 98.2 cm³/mol. The molecule has 2 heterocycles. The summed E-state index contributed by atoms with van der Waals surface area (Å²) in [5, 5.41) is 0. The SMILES string of the molecule is CCc1ccc2cc(-c3ccc(OC)c(C(C)C)c3)c(C=O)n2c1. The molecule has 3 rings (SSSR count). The molecule has 0 aliphatic carbocycles. The van der Waals surface area contributed by atoms with E-state index >= 15 is 0 Å². The van der Waals surface area contributed by atoms with Crippen LogP contribution in [0.3, 0.4) is 0 Å². The second-order valence-electron chi connectivity index (χ2n) is 6.36. The van der Waals surface area contributed by atoms with Crippen LogP contribution in [0, 0.1) is 0 Å². The van der Waals surface area contributed by atoms with E-state index in [1.165, 1.54) is 5.56 Å². The van der Waals surface area contributed by atoms with Gasteiger partial charge in [0.15, 0.2) is 6.29 Å². The van der Waals surface area contributed by atoms with Crippen molar-refractivity contribution in [2.75, 3.05) is 7.11 Å². The molecule has 0 atom stereocenters. The fourth-order valence-electron chi connectivity index (χ4n) is 3.15. The van der Waals surface area contributed by atoms with Crippen molar-refractivity contribution in [1.29, 1.82) is 0 Å². The molecule has 0 fully saturated rings. The lowest BCUT2D eigenvalue weighted by atomic mass is 9.96. The molecule has 124 valence electrons. The van der Waals surface area contributed by atoms with Crippen LogP contribution in [0.4, 0.5) is 0 Å². The van der Waals surface area contributed by atoms with Crippen LogP contribution in [0.25, 0.3) is 16.6 Å². The Kier molecular flexibility index (Phi) is 4.43. The molecule has 0 aliphatic heterocycles. The van der Waals surface area contributed by atoms with Crippen molar-refractivity contribution < 1.29 is 9.53 Å². The Balaban J connectivity index is 2.22. The standard InChI is InChI=1S/C21H23NO2/c1-5-15-6-8-17-11-19(20(13-23)22(17)12-15)16-7-9-21(24-4)18(10-16)14(2)3/h6-14H,5H2,1-4H3. The molecule has 0 aliphatic rings. The van der Waals surface area contributed by atoms with Crippen molar-refractivity contribution in [3.05, 3.63) is 59.4 Å². The molecule has 0 N–H and O–H groups in total. The predicted octanol–water partition coefficient (Wildman–Crippen LogP) is 5.11. The van der Waals surface area contributed by atoms with Crippen LogP contribution in [0.2, 0.25) is 0 Å². The summed E-state index contributed by atoms with van der Waals surface area (Å²) in [4.78, 5) is 11.8. The van der Waals surface area contributed by atoms with Gasteiger partial charge in [0.2, 0.25) is 0 Å². The largest absolute Gasteiger partial charge is 0.496 e. The first-order chi connectivity index (χ1) is 11.6. The third-order valence-electron chi connectivity index (χ3n) is 4.55. The number of carbonyl (C=O) groups is 1. The molecule has 0 amide bonds. The van der Waals surface area contributed by atoms with Crippen molar-refractivity contribution in [3.8, 4) is 16.9 Å². The third kappa shape index (κ3) is 2.71. The molecule has 1 aromatic carbocycles. The Morgan fingerprint density at radius 1 is 1.17 bits per heavy atom. The first-order valence-electron chi connectivity index (χ1n) is 8.36. The Morgan fingerprint density at radius 3 is 2.58 bits per heavy atom. The summed E-state index contributed by atoms with van der Waals surface area (Å²) in [6.45, 7) is 6.41. The van der Waals surface area contributed by atoms with Crippen LogP contribution in [-0.4, -0.2) is 17.8 Å². The van der Waals surface area contributed by atoms with Gasteiger partial charge in [-0.3, -0.25) is 4.79 Å². The van der Waals surface area contributed by atoms with Gasteiger partial charge in [-0.1, -0.05) is 32.9 Å². The Morgan fingerprint density at radius 2 is 1.96 bits per heavy atom. The van der Waals surface area contributed by atoms with Crippen molar-refractivity contribution in [2.24, 2.45) is 0 Å². The lowest BCUT2D eigenvalue weighted by Gasteiger charge is -2.13. The number of pyridine rings is 1. The quantitative estimate of drug-likeness (QED) is 0.611. The molecule has 0 saturated heterocycles. The van der Waals surface area contributed by atoms with E-state index in [-0.39, 0.29) is 0 Å². The number of carbonyl (C=O) groups excluding carboxylic acids is 1. The van der Waals surface area contributed by atoms with Crippen LogP contribution < -0.4 is 4.74 Å². The highest BCUT2D eigenvalue weighted by Gasteiger charge is 2.15. The summed E-state index contributed by atoms with van der Waals surface area (Å²) in [6.07, 6.45) is 3.94. The molecule has 0 bridgehead atoms. The van der Waals surface area contributed by atoms with Crippen LogP contribution in [0.5, 0.6) is 5.75 Å². The van der Waals surface area contributed by atoms with Gasteiger partial charge in [-0.25, -0.2) is 0 Å². The highest BCUT2D eigenvalue weighted by atomic mass is 16.5. The Labute approximate surface area is 142 Å². The van der Waals surface area contributed by atoms with Crippen LogP contribution in [-0.2, 0) is 6.42 Å². The van der Waals surface area contributed by atoms with Crippen LogP contribution >= 0.6 is 0 Å². The molecule has 3 nitrogen and oxygen atoms in total. The van der Waals surface area contributed by atoms with E-state index in [1.807, 2.05) is 16.5 Å². The van der Waals surface area contributed by atoms with Gasteiger partial charge < -0.3 is 9.14 Å². The van der Waals surface area contributed by atoms with Crippen molar-refractivity contribution in [1.82, 2.24) is 4.40 Å². The maximum atomic E-state index is 11.8. The number of rotatable bonds is 5. The molecular formula is C21H23NO2. The summed E-state index contributed by atoms with van der Waals surface area (Å²) >= 11 is 0. The number of aryl methyl sites for hydroxylation is 1. The zero-order valence-electron chi connectivity index (χ0n) is 14.7. The lowest BCUT2D eigenvalue weighted by molar-refractivity contribution is 0.111. The third-order valence-corrected chi connectivity index (χ3v) is 4.55. The Hall–Kier alpha value is -2.55. The van der Waals surface area contributed by atoms with Crippen molar-refractivity contribution in [2.45, 2.75) is 33.1 Å². The van der Waals surface area contributed by atoms with Gasteiger partial charge in [-0.15, -0.1) is 0 Å². The van der Waals surface area contributed by atoms with Crippen LogP contribution in [0.1, 0.15) is 48.3 Å². The maximum Gasteiger partial charge on any atom is 0.167 e. The number of aromatic nitrogens is 1. The first-order valence-corrected chi connectivity index (χ1v) is 8.36. The minimum Gasteiger partial charge on any atom is -0.496 e. The molecule has 24 heavy (non-hydrogen) atoms. The molecule has 0 unspecified atom stereocenters. The second kappa shape index (κ2) is 6.52. The average Bonchev–Trinajstić information content (AvgIpc) is 2.98. The summed E-state index contributed by atoms with van der Waals surface area (Å²) in [6, 6.07) is 12.4. The minimum absolute atomic E-state index is 0.350. The van der Waals surface area contributed by atoms with Gasteiger partial charge in [0.25, 0.3) is 0 Å². The number of nitrogens with zero attached hydrogens (tertiary/aromatic N) is 1. The zero-order valence-corrected chi connectivity index (χ0v) is 14.7. The van der Waals surface area contributed by atoms with Gasteiger partial charge >= 0.3 is 0 Å². The number of hydrogen-bond acceptors (Lipinski definition) is 2. The fourth-order valence-corrected chi connectivity index (χ4v) is 3.15. The molecule has 0 spiro atoms. The number of ether oxygens (including phenoxy) is 1. The highest BCUT2D eigenvalue weighted by molar-refractivity contribution is 5.90. The minimum atomic E-state index is 0.350. The second-order valence-corrected chi connectivity index (χ2v) is 6.36. The van der Waals surface area contributed by atoms with E-state index in [1.54, 1.807) is 7.11 Å². The maximum absolute atomic E-state index is 11.8. The van der Waals surface area contributed by atoms with E-state index in [0.29, 0.717) is 11.6 Å². The molecule has 3 aromatic rings. The van der Waals surface area contributed by atoms with Gasteiger partial charge in [-0.05, 0) is 53.3 Å². The topological polar surface area (TPSA) is 30.7 Å². The van der Waals surface area contributed by atoms with E-state index in [0.717, 1.165) is 40.7 Å². The number of benzene rings is 1. The highest BCUT2D eigenvalue weighted by Crippen LogP contribution is 2.34. The molecule has 0 saturated carbocycles. The number of aldehydes is 1. The van der Waals surface area contributed by atoms with Crippen molar-refractivity contribution >= 4 is 11.8 Å².